The zero-order valence-electron chi connectivity index (χ0n) is 29.9. The summed E-state index contributed by atoms with van der Waals surface area (Å²) in [5.41, 5.74) is 11.0. The quantitative estimate of drug-likeness (QED) is 0.131. The van der Waals surface area contributed by atoms with E-state index in [0.717, 1.165) is 44.6 Å². The third kappa shape index (κ3) is 5.18. The van der Waals surface area contributed by atoms with Crippen LogP contribution in [0.3, 0.4) is 0 Å². The minimum absolute atomic E-state index is 0.807. The fourth-order valence-corrected chi connectivity index (χ4v) is 9.53. The van der Waals surface area contributed by atoms with E-state index in [4.69, 9.17) is 4.98 Å². The lowest BCUT2D eigenvalue weighted by atomic mass is 9.82. The number of nitrogens with zero attached hydrogens (tertiary/aromatic N) is 3. The smallest absolute Gasteiger partial charge is 0.236 e. The molecule has 10 rings (SSSR count). The molecular weight excluding hydrogens is 675 g/mol. The monoisotopic (exact) mass is 710 g/mol. The number of rotatable bonds is 5. The Hall–Kier alpha value is -6.62. The predicted molar refractivity (Wildman–Crippen MR) is 227 cm³/mol. The van der Waals surface area contributed by atoms with Gasteiger partial charge in [0.05, 0.1) is 11.5 Å². The summed E-state index contributed by atoms with van der Waals surface area (Å²) in [4.78, 5) is 8.71. The molecule has 7 aromatic rings. The summed E-state index contributed by atoms with van der Waals surface area (Å²) in [6.45, 7) is 6.13. The number of hydrogen-bond acceptors (Lipinski definition) is 3. The first-order chi connectivity index (χ1) is 26.7. The number of benzene rings is 5. The Balaban J connectivity index is 1.33. The van der Waals surface area contributed by atoms with Gasteiger partial charge in [-0.1, -0.05) is 116 Å². The number of fused-ring (bicyclic) bond motifs is 7. The molecule has 1 aliphatic heterocycles. The highest BCUT2D eigenvalue weighted by atomic mass is 32.1. The van der Waals surface area contributed by atoms with Gasteiger partial charge in [0.15, 0.2) is 6.20 Å². The maximum Gasteiger partial charge on any atom is 0.236 e. The predicted octanol–water partition coefficient (Wildman–Crippen LogP) is 10.9. The molecule has 3 nitrogen and oxygen atoms in total. The van der Waals surface area contributed by atoms with Crippen LogP contribution in [0.1, 0.15) is 28.0 Å². The van der Waals surface area contributed by atoms with E-state index in [1.54, 1.807) is 0 Å². The highest BCUT2D eigenvalue weighted by molar-refractivity contribution is 7.20. The Kier molecular flexibility index (Phi) is 7.78. The lowest BCUT2D eigenvalue weighted by molar-refractivity contribution is 0.924. The number of hydrogen-bond donors (Lipinski definition) is 0. The Bertz CT molecular complexity index is 3150. The van der Waals surface area contributed by atoms with Crippen LogP contribution in [0.25, 0.3) is 32.9 Å². The molecule has 0 radical (unpaired) electrons. The fraction of sp³-hybridized carbons (Fsp3) is 0.0400. The van der Waals surface area contributed by atoms with Crippen LogP contribution >= 0.6 is 11.3 Å². The lowest BCUT2D eigenvalue weighted by Gasteiger charge is -2.25. The van der Waals surface area contributed by atoms with E-state index in [1.807, 2.05) is 29.7 Å². The zero-order valence-corrected chi connectivity index (χ0v) is 30.7. The van der Waals surface area contributed by atoms with Crippen LogP contribution in [0, 0.1) is 27.9 Å². The van der Waals surface area contributed by atoms with Crippen molar-refractivity contribution in [2.45, 2.75) is 13.3 Å². The Morgan fingerprint density at radius 3 is 2.37 bits per heavy atom. The molecular formula is C50H36N3S+. The number of aryl methyl sites for hydroxylation is 1. The number of para-hydroxylation sites is 2. The van der Waals surface area contributed by atoms with Crippen LogP contribution in [-0.2, 0) is 0 Å². The molecule has 0 atom stereocenters. The van der Waals surface area contributed by atoms with E-state index in [-0.39, 0.29) is 0 Å². The molecule has 3 heterocycles. The minimum Gasteiger partial charge on any atom is -0.305 e. The van der Waals surface area contributed by atoms with Crippen LogP contribution in [-0.4, -0.2) is 4.98 Å². The van der Waals surface area contributed by atoms with Crippen molar-refractivity contribution in [3.8, 4) is 0 Å². The maximum absolute atomic E-state index is 5.14. The third-order valence-corrected chi connectivity index (χ3v) is 12.1. The molecule has 5 aromatic carbocycles. The molecule has 0 N–H and O–H groups in total. The van der Waals surface area contributed by atoms with Crippen LogP contribution in [0.4, 0.5) is 17.1 Å². The number of allylic oxidation sites excluding steroid dienone is 6. The molecule has 54 heavy (non-hydrogen) atoms. The van der Waals surface area contributed by atoms with E-state index < -0.39 is 0 Å². The SMILES string of the molecule is C=C/C=C\c1sc2c(C3=CC=C4C(=c5ccccc5=c5cccnc5=c5cc6c(cc54)=[N+](c4ccccc4)C=CN6c4ccccc4)C3)cccc2c1C. The second-order valence-electron chi connectivity index (χ2n) is 13.8. The first-order valence-corrected chi connectivity index (χ1v) is 19.2. The van der Waals surface area contributed by atoms with Crippen LogP contribution in [0.15, 0.2) is 177 Å². The largest absolute Gasteiger partial charge is 0.305 e. The van der Waals surface area contributed by atoms with Crippen molar-refractivity contribution in [2.75, 3.05) is 4.90 Å². The van der Waals surface area contributed by atoms with Gasteiger partial charge in [0.25, 0.3) is 0 Å². The van der Waals surface area contributed by atoms with Gasteiger partial charge in [-0.3, -0.25) is 4.98 Å². The normalized spacial score (nSPS) is 14.4. The molecule has 0 unspecified atom stereocenters. The van der Waals surface area contributed by atoms with Gasteiger partial charge < -0.3 is 4.90 Å². The van der Waals surface area contributed by atoms with E-state index in [2.05, 4.69) is 181 Å². The highest BCUT2D eigenvalue weighted by Gasteiger charge is 2.27. The van der Waals surface area contributed by atoms with Crippen molar-refractivity contribution >= 4 is 61.3 Å². The van der Waals surface area contributed by atoms with Crippen molar-refractivity contribution in [2.24, 2.45) is 0 Å². The number of anilines is 2. The van der Waals surface area contributed by atoms with Gasteiger partial charge in [-0.25, -0.2) is 0 Å². The average molecular weight is 711 g/mol. The summed E-state index contributed by atoms with van der Waals surface area (Å²) in [6, 6.07) is 46.0. The summed E-state index contributed by atoms with van der Waals surface area (Å²) >= 11 is 1.87. The molecule has 0 bridgehead atoms. The molecule has 2 aliphatic carbocycles. The van der Waals surface area contributed by atoms with Crippen LogP contribution in [0.5, 0.6) is 0 Å². The summed E-state index contributed by atoms with van der Waals surface area (Å²) in [6.07, 6.45) is 17.9. The average Bonchev–Trinajstić information content (AvgIpc) is 3.56. The van der Waals surface area contributed by atoms with Gasteiger partial charge in [0.1, 0.15) is 5.69 Å². The molecule has 0 saturated carbocycles. The van der Waals surface area contributed by atoms with E-state index in [9.17, 15) is 0 Å². The lowest BCUT2D eigenvalue weighted by Crippen LogP contribution is -2.32. The Morgan fingerprint density at radius 2 is 1.54 bits per heavy atom. The van der Waals surface area contributed by atoms with Crippen molar-refractivity contribution < 1.29 is 0 Å². The van der Waals surface area contributed by atoms with Crippen molar-refractivity contribution in [1.29, 1.82) is 0 Å². The van der Waals surface area contributed by atoms with E-state index in [1.165, 1.54) is 58.8 Å². The van der Waals surface area contributed by atoms with E-state index in [0.29, 0.717) is 0 Å². The third-order valence-electron chi connectivity index (χ3n) is 10.8. The van der Waals surface area contributed by atoms with Gasteiger partial charge >= 0.3 is 0 Å². The second-order valence-corrected chi connectivity index (χ2v) is 14.9. The van der Waals surface area contributed by atoms with Crippen LogP contribution < -0.4 is 20.1 Å². The molecule has 3 aliphatic rings. The zero-order chi connectivity index (χ0) is 36.2. The molecule has 0 spiro atoms. The minimum atomic E-state index is 0.807. The molecule has 4 heteroatoms. The first-order valence-electron chi connectivity index (χ1n) is 18.4. The van der Waals surface area contributed by atoms with Gasteiger partial charge in [-0.2, -0.15) is 4.58 Å². The van der Waals surface area contributed by atoms with Crippen molar-refractivity contribution in [3.63, 3.8) is 0 Å². The molecule has 0 fully saturated rings. The summed E-state index contributed by atoms with van der Waals surface area (Å²) in [5.74, 6) is 0. The fourth-order valence-electron chi connectivity index (χ4n) is 8.26. The van der Waals surface area contributed by atoms with Crippen molar-refractivity contribution in [1.82, 2.24) is 9.56 Å². The number of aromatic nitrogens is 1. The second kappa shape index (κ2) is 13.1. The number of pyridine rings is 1. The Labute approximate surface area is 317 Å². The first kappa shape index (κ1) is 32.1. The van der Waals surface area contributed by atoms with E-state index >= 15 is 0 Å². The van der Waals surface area contributed by atoms with Gasteiger partial charge in [0.2, 0.25) is 11.0 Å². The van der Waals surface area contributed by atoms with Crippen LogP contribution in [0.2, 0.25) is 0 Å². The summed E-state index contributed by atoms with van der Waals surface area (Å²) < 4.78 is 3.64. The van der Waals surface area contributed by atoms with Gasteiger partial charge in [-0.05, 0) is 92.9 Å². The molecule has 2 aromatic heterocycles. The topological polar surface area (TPSA) is 19.1 Å². The number of thiophene rings is 1. The summed E-state index contributed by atoms with van der Waals surface area (Å²) in [7, 11) is 0. The van der Waals surface area contributed by atoms with Gasteiger partial charge in [0, 0.05) is 50.1 Å². The molecule has 0 saturated heterocycles. The van der Waals surface area contributed by atoms with Crippen molar-refractivity contribution in [3.05, 3.63) is 230 Å². The standard InChI is InChI=1S/C50H36N3S/c1-3-4-24-48-33(2)37-21-13-22-38(50(37)54-48)34-25-26-41-43(30-34)40-20-12-11-19-39(40)42-23-14-27-51-49(42)45-32-47-46(31-44(41)45)52(35-15-7-5-8-16-35)28-29-53(47)36-17-9-6-10-18-36/h3-29,31-32H,1,30H2,2H3/q+1/b24-4-,42-39?,43-40?. The highest BCUT2D eigenvalue weighted by Crippen LogP contribution is 2.43. The summed E-state index contributed by atoms with van der Waals surface area (Å²) in [5, 5.41) is 8.15. The maximum atomic E-state index is 5.14. The molecule has 0 amide bonds. The Morgan fingerprint density at radius 1 is 0.759 bits per heavy atom. The molecule has 256 valence electrons. The van der Waals surface area contributed by atoms with Gasteiger partial charge in [-0.15, -0.1) is 11.3 Å².